The highest BCUT2D eigenvalue weighted by Gasteiger charge is 2.06. The molecule has 0 aliphatic rings. The fourth-order valence-corrected chi connectivity index (χ4v) is 3.45. The number of fused-ring (bicyclic) bond motifs is 1. The third kappa shape index (κ3) is 5.36. The predicted octanol–water partition coefficient (Wildman–Crippen LogP) is 3.90. The maximum Gasteiger partial charge on any atom is 0.224 e. The Kier molecular flexibility index (Phi) is 6.08. The van der Waals surface area contributed by atoms with Crippen LogP contribution in [0.2, 0.25) is 0 Å². The molecule has 156 valence electrons. The lowest BCUT2D eigenvalue weighted by Gasteiger charge is -2.08. The zero-order valence-corrected chi connectivity index (χ0v) is 17.3. The van der Waals surface area contributed by atoms with Crippen molar-refractivity contribution >= 4 is 28.5 Å². The molecule has 0 saturated carbocycles. The Bertz CT molecular complexity index is 1190. The number of nitrogens with one attached hydrogen (secondary N) is 2. The molecule has 0 saturated heterocycles. The number of carbonyl (C=O) groups excluding carboxylic acids is 2. The van der Waals surface area contributed by atoms with Crippen molar-refractivity contribution in [3.8, 4) is 0 Å². The fourth-order valence-electron chi connectivity index (χ4n) is 3.45. The molecule has 1 aromatic heterocycles. The first-order chi connectivity index (χ1) is 15.1. The standard InChI is InChI=1S/C25H24N4O2/c1-18(30)28-22-12-10-19(11-13-22)14-25(31)26-15-20-6-8-21(9-7-20)16-29-17-27-23-4-2-3-5-24(23)29/h2-13,17H,14-16H2,1H3,(H,26,31)(H,28,30). The second-order valence-electron chi connectivity index (χ2n) is 7.51. The fraction of sp³-hybridized carbons (Fsp3) is 0.160. The molecular weight excluding hydrogens is 388 g/mol. The van der Waals surface area contributed by atoms with E-state index >= 15 is 0 Å². The van der Waals surface area contributed by atoms with Gasteiger partial charge in [0.2, 0.25) is 11.8 Å². The molecule has 0 aliphatic heterocycles. The summed E-state index contributed by atoms with van der Waals surface area (Å²) in [5, 5.41) is 5.67. The number of nitrogens with zero attached hydrogens (tertiary/aromatic N) is 2. The van der Waals surface area contributed by atoms with Crippen molar-refractivity contribution in [1.82, 2.24) is 14.9 Å². The number of hydrogen-bond acceptors (Lipinski definition) is 3. The number of benzene rings is 3. The van der Waals surface area contributed by atoms with E-state index in [2.05, 4.69) is 38.4 Å². The van der Waals surface area contributed by atoms with Gasteiger partial charge in [-0.15, -0.1) is 0 Å². The molecule has 6 nitrogen and oxygen atoms in total. The highest BCUT2D eigenvalue weighted by molar-refractivity contribution is 5.88. The van der Waals surface area contributed by atoms with Crippen molar-refractivity contribution in [3.63, 3.8) is 0 Å². The number of rotatable bonds is 7. The molecule has 0 spiro atoms. The maximum atomic E-state index is 12.3. The molecular formula is C25H24N4O2. The molecule has 0 radical (unpaired) electrons. The quantitative estimate of drug-likeness (QED) is 0.483. The molecule has 1 heterocycles. The van der Waals surface area contributed by atoms with Crippen LogP contribution >= 0.6 is 0 Å². The second-order valence-corrected chi connectivity index (χ2v) is 7.51. The number of aromatic nitrogens is 2. The highest BCUT2D eigenvalue weighted by Crippen LogP contribution is 2.15. The van der Waals surface area contributed by atoms with Crippen LogP contribution in [-0.4, -0.2) is 21.4 Å². The minimum atomic E-state index is -0.116. The van der Waals surface area contributed by atoms with Crippen LogP contribution in [0.3, 0.4) is 0 Å². The van der Waals surface area contributed by atoms with E-state index in [0.717, 1.165) is 34.4 Å². The topological polar surface area (TPSA) is 76.0 Å². The van der Waals surface area contributed by atoms with Crippen LogP contribution in [0, 0.1) is 0 Å². The Balaban J connectivity index is 1.29. The summed E-state index contributed by atoms with van der Waals surface area (Å²) in [7, 11) is 0. The first kappa shape index (κ1) is 20.3. The third-order valence-corrected chi connectivity index (χ3v) is 5.03. The molecule has 6 heteroatoms. The van der Waals surface area contributed by atoms with Gasteiger partial charge in [0.25, 0.3) is 0 Å². The Morgan fingerprint density at radius 2 is 1.55 bits per heavy atom. The van der Waals surface area contributed by atoms with E-state index < -0.39 is 0 Å². The van der Waals surface area contributed by atoms with E-state index in [1.54, 1.807) is 12.1 Å². The maximum absolute atomic E-state index is 12.3. The Morgan fingerprint density at radius 3 is 2.29 bits per heavy atom. The molecule has 4 aromatic rings. The SMILES string of the molecule is CC(=O)Nc1ccc(CC(=O)NCc2ccc(Cn3cnc4ccccc43)cc2)cc1. The summed E-state index contributed by atoms with van der Waals surface area (Å²) in [6.45, 7) is 2.70. The van der Waals surface area contributed by atoms with Crippen molar-refractivity contribution in [2.45, 2.75) is 26.4 Å². The van der Waals surface area contributed by atoms with Crippen molar-refractivity contribution in [1.29, 1.82) is 0 Å². The number of carbonyl (C=O) groups is 2. The zero-order chi connectivity index (χ0) is 21.6. The van der Waals surface area contributed by atoms with Gasteiger partial charge in [0, 0.05) is 25.7 Å². The van der Waals surface area contributed by atoms with E-state index in [-0.39, 0.29) is 11.8 Å². The Hall–Kier alpha value is -3.93. The van der Waals surface area contributed by atoms with E-state index in [4.69, 9.17) is 0 Å². The van der Waals surface area contributed by atoms with Crippen molar-refractivity contribution in [2.24, 2.45) is 0 Å². The summed E-state index contributed by atoms with van der Waals surface area (Å²) >= 11 is 0. The zero-order valence-electron chi connectivity index (χ0n) is 17.3. The summed E-state index contributed by atoms with van der Waals surface area (Å²) in [6, 6.07) is 23.6. The summed E-state index contributed by atoms with van der Waals surface area (Å²) < 4.78 is 2.13. The molecule has 0 bridgehead atoms. The smallest absolute Gasteiger partial charge is 0.224 e. The lowest BCUT2D eigenvalue weighted by molar-refractivity contribution is -0.120. The minimum Gasteiger partial charge on any atom is -0.352 e. The van der Waals surface area contributed by atoms with Crippen LogP contribution in [0.15, 0.2) is 79.1 Å². The van der Waals surface area contributed by atoms with Gasteiger partial charge in [-0.1, -0.05) is 48.5 Å². The Morgan fingerprint density at radius 1 is 0.871 bits per heavy atom. The van der Waals surface area contributed by atoms with Gasteiger partial charge in [-0.05, 0) is 41.0 Å². The van der Waals surface area contributed by atoms with Gasteiger partial charge < -0.3 is 15.2 Å². The molecule has 2 amide bonds. The second kappa shape index (κ2) is 9.26. The van der Waals surface area contributed by atoms with E-state index in [1.807, 2.05) is 48.8 Å². The third-order valence-electron chi connectivity index (χ3n) is 5.03. The van der Waals surface area contributed by atoms with E-state index in [0.29, 0.717) is 13.0 Å². The van der Waals surface area contributed by atoms with Crippen molar-refractivity contribution < 1.29 is 9.59 Å². The summed E-state index contributed by atoms with van der Waals surface area (Å²) in [6.07, 6.45) is 2.16. The van der Waals surface area contributed by atoms with Crippen LogP contribution in [-0.2, 0) is 29.1 Å². The van der Waals surface area contributed by atoms with Gasteiger partial charge in [0.05, 0.1) is 23.8 Å². The van der Waals surface area contributed by atoms with Gasteiger partial charge in [0.1, 0.15) is 0 Å². The van der Waals surface area contributed by atoms with Crippen LogP contribution in [0.5, 0.6) is 0 Å². The van der Waals surface area contributed by atoms with Gasteiger partial charge in [-0.2, -0.15) is 0 Å². The Labute approximate surface area is 180 Å². The molecule has 2 N–H and O–H groups in total. The van der Waals surface area contributed by atoms with Gasteiger partial charge in [-0.25, -0.2) is 4.98 Å². The minimum absolute atomic E-state index is 0.0405. The first-order valence-electron chi connectivity index (χ1n) is 10.2. The molecule has 0 fully saturated rings. The summed E-state index contributed by atoms with van der Waals surface area (Å²) in [5.74, 6) is -0.156. The number of amides is 2. The van der Waals surface area contributed by atoms with Crippen LogP contribution in [0.4, 0.5) is 5.69 Å². The lowest BCUT2D eigenvalue weighted by atomic mass is 10.1. The molecule has 0 aliphatic carbocycles. The predicted molar refractivity (Wildman–Crippen MR) is 122 cm³/mol. The van der Waals surface area contributed by atoms with E-state index in [9.17, 15) is 9.59 Å². The average Bonchev–Trinajstić information content (AvgIpc) is 3.17. The van der Waals surface area contributed by atoms with Gasteiger partial charge in [0.15, 0.2) is 0 Å². The number of hydrogen-bond donors (Lipinski definition) is 2. The normalized spacial score (nSPS) is 10.7. The monoisotopic (exact) mass is 412 g/mol. The summed E-state index contributed by atoms with van der Waals surface area (Å²) in [4.78, 5) is 27.8. The molecule has 4 rings (SSSR count). The number of para-hydroxylation sites is 2. The van der Waals surface area contributed by atoms with Crippen LogP contribution in [0.1, 0.15) is 23.6 Å². The molecule has 3 aromatic carbocycles. The average molecular weight is 412 g/mol. The first-order valence-corrected chi connectivity index (χ1v) is 10.2. The molecule has 0 unspecified atom stereocenters. The number of anilines is 1. The number of imidazole rings is 1. The molecule has 0 atom stereocenters. The highest BCUT2D eigenvalue weighted by atomic mass is 16.2. The van der Waals surface area contributed by atoms with Gasteiger partial charge in [-0.3, -0.25) is 9.59 Å². The largest absolute Gasteiger partial charge is 0.352 e. The van der Waals surface area contributed by atoms with Gasteiger partial charge >= 0.3 is 0 Å². The van der Waals surface area contributed by atoms with Crippen LogP contribution in [0.25, 0.3) is 11.0 Å². The lowest BCUT2D eigenvalue weighted by Crippen LogP contribution is -2.24. The summed E-state index contributed by atoms with van der Waals surface area (Å²) in [5.41, 5.74) is 5.96. The molecule has 31 heavy (non-hydrogen) atoms. The van der Waals surface area contributed by atoms with Crippen molar-refractivity contribution in [3.05, 3.63) is 95.8 Å². The van der Waals surface area contributed by atoms with Crippen molar-refractivity contribution in [2.75, 3.05) is 5.32 Å². The van der Waals surface area contributed by atoms with Crippen LogP contribution < -0.4 is 10.6 Å². The van der Waals surface area contributed by atoms with E-state index in [1.165, 1.54) is 12.5 Å².